The van der Waals surface area contributed by atoms with Gasteiger partial charge in [-0.25, -0.2) is 0 Å². The van der Waals surface area contributed by atoms with E-state index in [9.17, 15) is 0 Å². The first kappa shape index (κ1) is 34.2. The molecule has 2 aliphatic rings. The number of hydrogen-bond acceptors (Lipinski definition) is 2. The van der Waals surface area contributed by atoms with Crippen molar-refractivity contribution in [3.8, 4) is 0 Å². The number of allylic oxidation sites excluding steroid dienone is 2. The van der Waals surface area contributed by atoms with Crippen LogP contribution in [-0.4, -0.2) is 11.1 Å². The third-order valence-electron chi connectivity index (χ3n) is 10.1. The Kier molecular flexibility index (Phi) is 9.03. The van der Waals surface area contributed by atoms with Crippen molar-refractivity contribution >= 4 is 11.4 Å². The standard InChI is InChI=1S/C42H62N2/c1-27(2)31-19-17-20-32(28(3)4)37(31)43-35(39(9,10)25-41(43,13)14)23-24-36-40(11,12)26-42(15,16)44(36)38-33(29(5)6)21-18-22-34(38)30(7)8/h17-22,27-30H,25-26H2,1-16H3. The molecule has 0 saturated carbocycles. The molecule has 2 heteroatoms. The molecule has 2 heterocycles. The lowest BCUT2D eigenvalue weighted by Gasteiger charge is -2.38. The van der Waals surface area contributed by atoms with Gasteiger partial charge in [0.1, 0.15) is 0 Å². The number of nitrogens with zero attached hydrogens (tertiary/aromatic N) is 2. The molecular weight excluding hydrogens is 532 g/mol. The summed E-state index contributed by atoms with van der Waals surface area (Å²) in [6.07, 6.45) is 2.13. The monoisotopic (exact) mass is 594 g/mol. The second-order valence-electron chi connectivity index (χ2n) is 17.6. The van der Waals surface area contributed by atoms with E-state index in [1.54, 1.807) is 0 Å². The molecule has 0 bridgehead atoms. The van der Waals surface area contributed by atoms with Gasteiger partial charge in [0.2, 0.25) is 0 Å². The van der Waals surface area contributed by atoms with Crippen molar-refractivity contribution in [2.45, 2.75) is 158 Å². The van der Waals surface area contributed by atoms with Crippen molar-refractivity contribution in [2.75, 3.05) is 9.80 Å². The third-order valence-corrected chi connectivity index (χ3v) is 10.1. The zero-order chi connectivity index (χ0) is 33.2. The molecule has 0 unspecified atom stereocenters. The molecule has 2 saturated heterocycles. The molecule has 0 aliphatic carbocycles. The first-order valence-corrected chi connectivity index (χ1v) is 17.3. The predicted molar refractivity (Wildman–Crippen MR) is 193 cm³/mol. The molecule has 4 rings (SSSR count). The summed E-state index contributed by atoms with van der Waals surface area (Å²) in [5.74, 6) is 1.72. The largest absolute Gasteiger partial charge is 0.331 e. The van der Waals surface area contributed by atoms with E-state index < -0.39 is 0 Å². The van der Waals surface area contributed by atoms with Gasteiger partial charge in [0, 0.05) is 33.3 Å². The van der Waals surface area contributed by atoms with Crippen molar-refractivity contribution in [1.82, 2.24) is 0 Å². The topological polar surface area (TPSA) is 6.48 Å². The van der Waals surface area contributed by atoms with Crippen molar-refractivity contribution in [2.24, 2.45) is 10.8 Å². The number of benzene rings is 2. The molecule has 0 radical (unpaired) electrons. The van der Waals surface area contributed by atoms with Gasteiger partial charge in [-0.3, -0.25) is 0 Å². The maximum atomic E-state index is 3.95. The molecule has 0 amide bonds. The number of para-hydroxylation sites is 2. The van der Waals surface area contributed by atoms with Crippen LogP contribution in [0.25, 0.3) is 0 Å². The first-order chi connectivity index (χ1) is 20.1. The molecule has 0 N–H and O–H groups in total. The Morgan fingerprint density at radius 3 is 0.955 bits per heavy atom. The summed E-state index contributed by atoms with van der Waals surface area (Å²) < 4.78 is 0. The molecular formula is C42H62N2. The highest BCUT2D eigenvalue weighted by molar-refractivity contribution is 5.70. The fourth-order valence-electron chi connectivity index (χ4n) is 8.64. The maximum Gasteiger partial charge on any atom is 0.0756 e. The smallest absolute Gasteiger partial charge is 0.0756 e. The average Bonchev–Trinajstić information content (AvgIpc) is 3.18. The van der Waals surface area contributed by atoms with Crippen LogP contribution in [-0.2, 0) is 0 Å². The van der Waals surface area contributed by atoms with Gasteiger partial charge in [0.25, 0.3) is 0 Å². The van der Waals surface area contributed by atoms with Gasteiger partial charge in [0.15, 0.2) is 0 Å². The summed E-state index contributed by atoms with van der Waals surface area (Å²) in [7, 11) is 0. The van der Waals surface area contributed by atoms with E-state index in [2.05, 4.69) is 168 Å². The fourth-order valence-corrected chi connectivity index (χ4v) is 8.64. The minimum absolute atomic E-state index is 0.0442. The SMILES string of the molecule is CC(C)c1cccc(C(C)C)c1N1C(=C=C=C2N(c3c(C(C)C)cccc3C(C)C)C(C)(C)CC2(C)C)C(C)(C)CC1(C)C. The van der Waals surface area contributed by atoms with Crippen molar-refractivity contribution in [3.05, 3.63) is 81.5 Å². The Morgan fingerprint density at radius 1 is 0.477 bits per heavy atom. The molecule has 44 heavy (non-hydrogen) atoms. The molecule has 240 valence electrons. The Morgan fingerprint density at radius 2 is 0.727 bits per heavy atom. The van der Waals surface area contributed by atoms with Crippen LogP contribution in [0.3, 0.4) is 0 Å². The highest BCUT2D eigenvalue weighted by atomic mass is 15.3. The van der Waals surface area contributed by atoms with Crippen LogP contribution in [0.4, 0.5) is 11.4 Å². The van der Waals surface area contributed by atoms with E-state index in [1.807, 2.05) is 0 Å². The molecule has 2 aliphatic heterocycles. The summed E-state index contributed by atoms with van der Waals surface area (Å²) in [4.78, 5) is 5.31. The lowest BCUT2D eigenvalue weighted by Crippen LogP contribution is -2.39. The summed E-state index contributed by atoms with van der Waals surface area (Å²) in [5.41, 5.74) is 18.7. The quantitative estimate of drug-likeness (QED) is 0.307. The summed E-state index contributed by atoms with van der Waals surface area (Å²) >= 11 is 0. The van der Waals surface area contributed by atoms with Crippen LogP contribution in [0.1, 0.15) is 170 Å². The van der Waals surface area contributed by atoms with Crippen LogP contribution in [0.2, 0.25) is 0 Å². The highest BCUT2D eigenvalue weighted by Crippen LogP contribution is 2.55. The van der Waals surface area contributed by atoms with E-state index in [0.29, 0.717) is 23.7 Å². The Bertz CT molecular complexity index is 1330. The second kappa shape index (κ2) is 11.6. The van der Waals surface area contributed by atoms with E-state index in [1.165, 1.54) is 45.0 Å². The molecule has 2 aromatic rings. The van der Waals surface area contributed by atoms with Gasteiger partial charge in [0.05, 0.1) is 11.4 Å². The summed E-state index contributed by atoms with van der Waals surface area (Å²) in [6.45, 7) is 37.9. The molecule has 0 aromatic heterocycles. The summed E-state index contributed by atoms with van der Waals surface area (Å²) in [6, 6.07) is 13.9. The zero-order valence-corrected chi connectivity index (χ0v) is 31.1. The zero-order valence-electron chi connectivity index (χ0n) is 31.1. The van der Waals surface area contributed by atoms with E-state index in [4.69, 9.17) is 0 Å². The van der Waals surface area contributed by atoms with Crippen molar-refractivity contribution < 1.29 is 0 Å². The van der Waals surface area contributed by atoms with Crippen molar-refractivity contribution in [1.29, 1.82) is 0 Å². The number of rotatable bonds is 6. The van der Waals surface area contributed by atoms with Crippen LogP contribution in [0, 0.1) is 10.8 Å². The van der Waals surface area contributed by atoms with Gasteiger partial charge < -0.3 is 9.80 Å². The van der Waals surface area contributed by atoms with Crippen LogP contribution < -0.4 is 9.80 Å². The predicted octanol–water partition coefficient (Wildman–Crippen LogP) is 12.4. The number of hydrogen-bond donors (Lipinski definition) is 0. The Labute approximate surface area is 271 Å². The normalized spacial score (nSPS) is 20.4. The van der Waals surface area contributed by atoms with Gasteiger partial charge in [-0.1, -0.05) is 119 Å². The Balaban J connectivity index is 2.15. The van der Waals surface area contributed by atoms with Gasteiger partial charge in [-0.05, 0) is 97.9 Å². The minimum Gasteiger partial charge on any atom is -0.331 e. The first-order valence-electron chi connectivity index (χ1n) is 17.3. The van der Waals surface area contributed by atoms with E-state index in [0.717, 1.165) is 12.8 Å². The minimum atomic E-state index is -0.0496. The van der Waals surface area contributed by atoms with Crippen LogP contribution in [0.15, 0.2) is 59.3 Å². The van der Waals surface area contributed by atoms with E-state index >= 15 is 0 Å². The van der Waals surface area contributed by atoms with Gasteiger partial charge >= 0.3 is 0 Å². The third kappa shape index (κ3) is 5.98. The van der Waals surface area contributed by atoms with Gasteiger partial charge in [-0.2, -0.15) is 0 Å². The average molecular weight is 595 g/mol. The molecule has 2 fully saturated rings. The molecule has 0 atom stereocenters. The van der Waals surface area contributed by atoms with Crippen LogP contribution >= 0.6 is 0 Å². The molecule has 2 aromatic carbocycles. The van der Waals surface area contributed by atoms with Crippen LogP contribution in [0.5, 0.6) is 0 Å². The molecule has 0 spiro atoms. The second-order valence-corrected chi connectivity index (χ2v) is 17.6. The fraction of sp³-hybridized carbons (Fsp3) is 0.619. The number of anilines is 2. The van der Waals surface area contributed by atoms with Gasteiger partial charge in [-0.15, -0.1) is 0 Å². The lowest BCUT2D eigenvalue weighted by atomic mass is 9.83. The maximum absolute atomic E-state index is 3.95. The molecule has 2 nitrogen and oxygen atoms in total. The van der Waals surface area contributed by atoms with E-state index in [-0.39, 0.29) is 21.9 Å². The summed E-state index contributed by atoms with van der Waals surface area (Å²) in [5, 5.41) is 0. The highest BCUT2D eigenvalue weighted by Gasteiger charge is 2.51. The van der Waals surface area contributed by atoms with Crippen molar-refractivity contribution in [3.63, 3.8) is 0 Å². The Hall–Kier alpha value is -2.66. The lowest BCUT2D eigenvalue weighted by molar-refractivity contribution is 0.389.